The molecule has 24 heavy (non-hydrogen) atoms. The third-order valence-electron chi connectivity index (χ3n) is 4.84. The van der Waals surface area contributed by atoms with Crippen LogP contribution in [0, 0.1) is 12.8 Å². The lowest BCUT2D eigenvalue weighted by Crippen LogP contribution is -2.48. The Morgan fingerprint density at radius 2 is 2.04 bits per heavy atom. The summed E-state index contributed by atoms with van der Waals surface area (Å²) in [5, 5.41) is 0. The molecule has 0 saturated carbocycles. The molecule has 130 valence electrons. The van der Waals surface area contributed by atoms with E-state index in [0.29, 0.717) is 12.4 Å². The van der Waals surface area contributed by atoms with Crippen LogP contribution in [0.15, 0.2) is 48.7 Å². The molecule has 1 fully saturated rings. The minimum Gasteiger partial charge on any atom is -0.469 e. The van der Waals surface area contributed by atoms with Gasteiger partial charge in [0.05, 0.1) is 13.0 Å². The number of rotatable bonds is 5. The molecular weight excluding hydrogens is 322 g/mol. The molecule has 3 nitrogen and oxygen atoms in total. The fourth-order valence-electron chi connectivity index (χ4n) is 3.50. The lowest BCUT2D eigenvalue weighted by Gasteiger charge is -2.45. The highest BCUT2D eigenvalue weighted by Gasteiger charge is 2.42. The van der Waals surface area contributed by atoms with Crippen LogP contribution in [0.4, 0.5) is 0 Å². The van der Waals surface area contributed by atoms with Crippen molar-refractivity contribution in [2.75, 3.05) is 19.5 Å². The van der Waals surface area contributed by atoms with E-state index in [-0.39, 0.29) is 23.8 Å². The normalized spacial score (nSPS) is 24.4. The maximum atomic E-state index is 12.5. The summed E-state index contributed by atoms with van der Waals surface area (Å²) >= 11 is 5.71. The number of halogens is 1. The Bertz CT molecular complexity index is 609. The average Bonchev–Trinajstić information content (AvgIpc) is 2.57. The molecule has 4 heteroatoms. The maximum absolute atomic E-state index is 12.5. The van der Waals surface area contributed by atoms with Gasteiger partial charge in [-0.05, 0) is 25.8 Å². The van der Waals surface area contributed by atoms with Crippen LogP contribution >= 0.6 is 11.6 Å². The van der Waals surface area contributed by atoms with Gasteiger partial charge in [0.15, 0.2) is 0 Å². The lowest BCUT2D eigenvalue weighted by molar-refractivity contribution is -0.149. The van der Waals surface area contributed by atoms with Gasteiger partial charge in [-0.15, -0.1) is 11.6 Å². The summed E-state index contributed by atoms with van der Waals surface area (Å²) in [5.41, 5.74) is 3.43. The highest BCUT2D eigenvalue weighted by Crippen LogP contribution is 2.41. The van der Waals surface area contributed by atoms with Crippen LogP contribution < -0.4 is 0 Å². The first-order valence-electron chi connectivity index (χ1n) is 8.29. The molecule has 0 amide bonds. The number of ether oxygens (including phenoxy) is 1. The summed E-state index contributed by atoms with van der Waals surface area (Å²) in [4.78, 5) is 14.7. The zero-order valence-corrected chi connectivity index (χ0v) is 15.4. The second-order valence-electron chi connectivity index (χ2n) is 6.36. The van der Waals surface area contributed by atoms with E-state index in [9.17, 15) is 4.79 Å². The maximum Gasteiger partial charge on any atom is 0.311 e. The van der Waals surface area contributed by atoms with Gasteiger partial charge in [0.2, 0.25) is 0 Å². The zero-order valence-electron chi connectivity index (χ0n) is 14.7. The Morgan fingerprint density at radius 3 is 2.62 bits per heavy atom. The Morgan fingerprint density at radius 1 is 1.38 bits per heavy atom. The molecule has 0 spiro atoms. The van der Waals surface area contributed by atoms with Gasteiger partial charge >= 0.3 is 5.97 Å². The molecule has 0 bridgehead atoms. The van der Waals surface area contributed by atoms with Crippen LogP contribution in [0.5, 0.6) is 0 Å². The quantitative estimate of drug-likeness (QED) is 0.452. The Kier molecular flexibility index (Phi) is 6.50. The predicted octanol–water partition coefficient (Wildman–Crippen LogP) is 4.27. The molecule has 3 atom stereocenters. The van der Waals surface area contributed by atoms with Gasteiger partial charge in [0.25, 0.3) is 0 Å². The van der Waals surface area contributed by atoms with Gasteiger partial charge in [0, 0.05) is 30.1 Å². The van der Waals surface area contributed by atoms with E-state index in [1.54, 1.807) is 0 Å². The Balaban J connectivity index is 2.31. The van der Waals surface area contributed by atoms with Crippen molar-refractivity contribution < 1.29 is 9.53 Å². The number of hydrogen-bond donors (Lipinski definition) is 0. The van der Waals surface area contributed by atoms with E-state index in [2.05, 4.69) is 49.6 Å². The van der Waals surface area contributed by atoms with Crippen molar-refractivity contribution >= 4 is 17.6 Å². The van der Waals surface area contributed by atoms with E-state index in [4.69, 9.17) is 16.3 Å². The number of nitrogens with zero attached hydrogens (tertiary/aromatic N) is 1. The molecule has 1 aromatic rings. The molecule has 1 heterocycles. The predicted molar refractivity (Wildman–Crippen MR) is 99.2 cm³/mol. The third kappa shape index (κ3) is 4.02. The van der Waals surface area contributed by atoms with Gasteiger partial charge < -0.3 is 9.64 Å². The van der Waals surface area contributed by atoms with E-state index >= 15 is 0 Å². The highest BCUT2D eigenvalue weighted by atomic mass is 35.5. The third-order valence-corrected chi connectivity index (χ3v) is 5.02. The molecule has 2 rings (SSSR count). The fourth-order valence-corrected chi connectivity index (χ4v) is 3.62. The summed E-state index contributed by atoms with van der Waals surface area (Å²) in [6.45, 7) is 9.09. The number of piperidine rings is 1. The number of esters is 1. The first kappa shape index (κ1) is 18.6. The van der Waals surface area contributed by atoms with Crippen molar-refractivity contribution in [2.24, 2.45) is 5.92 Å². The minimum atomic E-state index is -0.215. The van der Waals surface area contributed by atoms with Crippen LogP contribution in [0.3, 0.4) is 0 Å². The SMILES string of the molecule is C=C1CC(c2ccc(C)cc2)C(C(=O)OC)C(C)N1C/C=C/CCl. The number of allylic oxidation sites excluding steroid dienone is 2. The fraction of sp³-hybridized carbons (Fsp3) is 0.450. The molecule has 1 aromatic carbocycles. The van der Waals surface area contributed by atoms with E-state index in [1.807, 2.05) is 12.2 Å². The van der Waals surface area contributed by atoms with Crippen molar-refractivity contribution in [3.05, 3.63) is 59.8 Å². The summed E-state index contributed by atoms with van der Waals surface area (Å²) in [6.07, 6.45) is 4.69. The van der Waals surface area contributed by atoms with Crippen molar-refractivity contribution in [1.29, 1.82) is 0 Å². The molecule has 0 radical (unpaired) electrons. The van der Waals surface area contributed by atoms with Gasteiger partial charge in [-0.3, -0.25) is 4.79 Å². The lowest BCUT2D eigenvalue weighted by atomic mass is 9.75. The van der Waals surface area contributed by atoms with Crippen molar-refractivity contribution in [3.63, 3.8) is 0 Å². The summed E-state index contributed by atoms with van der Waals surface area (Å²) < 4.78 is 5.11. The van der Waals surface area contributed by atoms with Crippen LogP contribution in [0.2, 0.25) is 0 Å². The molecule has 0 aromatic heterocycles. The first-order valence-corrected chi connectivity index (χ1v) is 8.82. The van der Waals surface area contributed by atoms with Crippen LogP contribution in [-0.2, 0) is 9.53 Å². The largest absolute Gasteiger partial charge is 0.469 e. The van der Waals surface area contributed by atoms with Crippen LogP contribution in [0.1, 0.15) is 30.4 Å². The molecule has 3 unspecified atom stereocenters. The second kappa shape index (κ2) is 8.39. The number of likely N-dealkylation sites (tertiary alicyclic amines) is 1. The van der Waals surface area contributed by atoms with Gasteiger partial charge in [-0.25, -0.2) is 0 Å². The topological polar surface area (TPSA) is 29.5 Å². The van der Waals surface area contributed by atoms with Crippen LogP contribution in [0.25, 0.3) is 0 Å². The molecule has 0 aliphatic carbocycles. The number of alkyl halides is 1. The van der Waals surface area contributed by atoms with E-state index in [1.165, 1.54) is 18.2 Å². The summed E-state index contributed by atoms with van der Waals surface area (Å²) in [7, 11) is 1.46. The first-order chi connectivity index (χ1) is 11.5. The van der Waals surface area contributed by atoms with Crippen molar-refractivity contribution in [1.82, 2.24) is 4.90 Å². The second-order valence-corrected chi connectivity index (χ2v) is 6.66. The number of methoxy groups -OCH3 is 1. The Labute approximate surface area is 149 Å². The molecule has 1 aliphatic heterocycles. The standard InChI is InChI=1S/C20H26ClNO2/c1-14-7-9-17(10-8-14)18-13-15(2)22(12-6-5-11-21)16(3)19(18)20(23)24-4/h5-10,16,18-19H,2,11-13H2,1,3-4H3/b6-5+. The van der Waals surface area contributed by atoms with E-state index in [0.717, 1.165) is 12.1 Å². The zero-order chi connectivity index (χ0) is 17.7. The van der Waals surface area contributed by atoms with Gasteiger partial charge in [-0.2, -0.15) is 0 Å². The van der Waals surface area contributed by atoms with E-state index < -0.39 is 0 Å². The molecule has 1 saturated heterocycles. The van der Waals surface area contributed by atoms with Crippen molar-refractivity contribution in [2.45, 2.75) is 32.2 Å². The number of carbonyl (C=O) groups is 1. The average molecular weight is 348 g/mol. The number of benzene rings is 1. The molecule has 1 aliphatic rings. The summed E-state index contributed by atoms with van der Waals surface area (Å²) in [6, 6.07) is 8.42. The smallest absolute Gasteiger partial charge is 0.311 e. The van der Waals surface area contributed by atoms with Gasteiger partial charge in [0.1, 0.15) is 0 Å². The van der Waals surface area contributed by atoms with Crippen LogP contribution in [-0.4, -0.2) is 36.4 Å². The highest BCUT2D eigenvalue weighted by molar-refractivity contribution is 6.18. The minimum absolute atomic E-state index is 0.0185. The molecule has 0 N–H and O–H groups in total. The number of aryl methyl sites for hydroxylation is 1. The van der Waals surface area contributed by atoms with Crippen molar-refractivity contribution in [3.8, 4) is 0 Å². The monoisotopic (exact) mass is 347 g/mol. The molecular formula is C20H26ClNO2. The van der Waals surface area contributed by atoms with Gasteiger partial charge in [-0.1, -0.05) is 48.6 Å². The number of hydrogen-bond acceptors (Lipinski definition) is 3. The summed E-state index contributed by atoms with van der Waals surface area (Å²) in [5.74, 6) is 0.203. The number of carbonyl (C=O) groups excluding carboxylic acids is 1. The Hall–Kier alpha value is -1.74.